The van der Waals surface area contributed by atoms with Crippen molar-refractivity contribution in [2.24, 2.45) is 5.92 Å². The van der Waals surface area contributed by atoms with Gasteiger partial charge in [0.2, 0.25) is 0 Å². The quantitative estimate of drug-likeness (QED) is 0.843. The van der Waals surface area contributed by atoms with Crippen LogP contribution < -0.4 is 5.32 Å². The van der Waals surface area contributed by atoms with Crippen LogP contribution >= 0.6 is 15.9 Å². The number of aromatic nitrogens is 1. The molecule has 2 unspecified atom stereocenters. The molecule has 3 heteroatoms. The lowest BCUT2D eigenvalue weighted by Crippen LogP contribution is -2.15. The van der Waals surface area contributed by atoms with Crippen LogP contribution in [0, 0.1) is 5.92 Å². The molecular formula is C12H17BrN2. The molecule has 0 spiro atoms. The van der Waals surface area contributed by atoms with Gasteiger partial charge in [-0.05, 0) is 53.2 Å². The summed E-state index contributed by atoms with van der Waals surface area (Å²) in [7, 11) is 0. The van der Waals surface area contributed by atoms with Gasteiger partial charge in [-0.15, -0.1) is 0 Å². The molecule has 1 fully saturated rings. The smallest absolute Gasteiger partial charge is 0.129 e. The third-order valence-electron chi connectivity index (χ3n) is 3.24. The van der Waals surface area contributed by atoms with Crippen molar-refractivity contribution in [3.8, 4) is 0 Å². The van der Waals surface area contributed by atoms with E-state index in [0.29, 0.717) is 6.04 Å². The molecule has 1 aromatic rings. The normalized spacial score (nSPS) is 25.5. The molecule has 0 bridgehead atoms. The molecule has 1 saturated carbocycles. The van der Waals surface area contributed by atoms with Crippen molar-refractivity contribution in [3.63, 3.8) is 0 Å². The molecule has 1 heterocycles. The van der Waals surface area contributed by atoms with Gasteiger partial charge in [-0.1, -0.05) is 13.3 Å². The first-order valence-electron chi connectivity index (χ1n) is 5.66. The molecule has 0 saturated heterocycles. The zero-order chi connectivity index (χ0) is 10.7. The Morgan fingerprint density at radius 1 is 1.53 bits per heavy atom. The Labute approximate surface area is 99.6 Å². The minimum atomic E-state index is 0.635. The Kier molecular flexibility index (Phi) is 3.62. The summed E-state index contributed by atoms with van der Waals surface area (Å²) < 4.78 is 0.921. The highest BCUT2D eigenvalue weighted by atomic mass is 79.9. The first kappa shape index (κ1) is 10.9. The van der Waals surface area contributed by atoms with Gasteiger partial charge < -0.3 is 5.32 Å². The van der Waals surface area contributed by atoms with Crippen LogP contribution in [0.4, 0.5) is 5.69 Å². The lowest BCUT2D eigenvalue weighted by Gasteiger charge is -2.14. The standard InChI is InChI=1S/C12H17BrN2/c1-2-9-5-6-10(8-9)15-11-4-3-7-14-12(11)13/h3-4,7,9-10,15H,2,5-6,8H2,1H3. The summed E-state index contributed by atoms with van der Waals surface area (Å²) >= 11 is 3.46. The lowest BCUT2D eigenvalue weighted by molar-refractivity contribution is 0.525. The van der Waals surface area contributed by atoms with Crippen LogP contribution in [0.3, 0.4) is 0 Å². The molecule has 2 nitrogen and oxygen atoms in total. The summed E-state index contributed by atoms with van der Waals surface area (Å²) in [5.74, 6) is 0.915. The van der Waals surface area contributed by atoms with E-state index in [1.54, 1.807) is 6.20 Å². The topological polar surface area (TPSA) is 24.9 Å². The maximum Gasteiger partial charge on any atom is 0.129 e. The van der Waals surface area contributed by atoms with Gasteiger partial charge in [0, 0.05) is 12.2 Å². The molecular weight excluding hydrogens is 252 g/mol. The molecule has 0 aliphatic heterocycles. The monoisotopic (exact) mass is 268 g/mol. The van der Waals surface area contributed by atoms with Crippen LogP contribution in [0.25, 0.3) is 0 Å². The Balaban J connectivity index is 1.96. The minimum Gasteiger partial charge on any atom is -0.380 e. The van der Waals surface area contributed by atoms with Crippen molar-refractivity contribution in [1.29, 1.82) is 0 Å². The van der Waals surface area contributed by atoms with Gasteiger partial charge in [-0.2, -0.15) is 0 Å². The Bertz CT molecular complexity index is 327. The second-order valence-electron chi connectivity index (χ2n) is 4.27. The molecule has 1 aliphatic carbocycles. The first-order chi connectivity index (χ1) is 7.29. The van der Waals surface area contributed by atoms with Crippen molar-refractivity contribution < 1.29 is 0 Å². The fraction of sp³-hybridized carbons (Fsp3) is 0.583. The average Bonchev–Trinajstić information content (AvgIpc) is 2.69. The minimum absolute atomic E-state index is 0.635. The number of pyridine rings is 1. The zero-order valence-electron chi connectivity index (χ0n) is 9.04. The fourth-order valence-electron chi connectivity index (χ4n) is 2.29. The van der Waals surface area contributed by atoms with E-state index in [9.17, 15) is 0 Å². The second-order valence-corrected chi connectivity index (χ2v) is 5.02. The molecule has 2 atom stereocenters. The van der Waals surface area contributed by atoms with E-state index in [0.717, 1.165) is 16.2 Å². The van der Waals surface area contributed by atoms with Gasteiger partial charge in [-0.25, -0.2) is 4.98 Å². The highest BCUT2D eigenvalue weighted by Crippen LogP contribution is 2.31. The summed E-state index contributed by atoms with van der Waals surface area (Å²) in [4.78, 5) is 4.21. The van der Waals surface area contributed by atoms with Gasteiger partial charge in [-0.3, -0.25) is 0 Å². The maximum absolute atomic E-state index is 4.21. The van der Waals surface area contributed by atoms with E-state index < -0.39 is 0 Å². The highest BCUT2D eigenvalue weighted by Gasteiger charge is 2.23. The number of rotatable bonds is 3. The third-order valence-corrected chi connectivity index (χ3v) is 3.87. The number of anilines is 1. The Hall–Kier alpha value is -0.570. The Morgan fingerprint density at radius 3 is 3.07 bits per heavy atom. The molecule has 15 heavy (non-hydrogen) atoms. The number of nitrogens with one attached hydrogen (secondary N) is 1. The SMILES string of the molecule is CCC1CCC(Nc2cccnc2Br)C1. The molecule has 0 radical (unpaired) electrons. The van der Waals surface area contributed by atoms with Crippen molar-refractivity contribution in [2.75, 3.05) is 5.32 Å². The molecule has 0 amide bonds. The largest absolute Gasteiger partial charge is 0.380 e. The van der Waals surface area contributed by atoms with Crippen LogP contribution in [0.15, 0.2) is 22.9 Å². The Morgan fingerprint density at radius 2 is 2.40 bits per heavy atom. The summed E-state index contributed by atoms with van der Waals surface area (Å²) in [6, 6.07) is 4.69. The second kappa shape index (κ2) is 4.97. The van der Waals surface area contributed by atoms with E-state index in [-0.39, 0.29) is 0 Å². The summed E-state index contributed by atoms with van der Waals surface area (Å²) in [6.45, 7) is 2.28. The van der Waals surface area contributed by atoms with E-state index in [1.165, 1.54) is 25.7 Å². The van der Waals surface area contributed by atoms with Gasteiger partial charge in [0.25, 0.3) is 0 Å². The van der Waals surface area contributed by atoms with Crippen molar-refractivity contribution >= 4 is 21.6 Å². The van der Waals surface area contributed by atoms with Gasteiger partial charge in [0.15, 0.2) is 0 Å². The van der Waals surface area contributed by atoms with Crippen molar-refractivity contribution in [1.82, 2.24) is 4.98 Å². The number of halogens is 1. The van der Waals surface area contributed by atoms with Crippen molar-refractivity contribution in [2.45, 2.75) is 38.6 Å². The third kappa shape index (κ3) is 2.71. The van der Waals surface area contributed by atoms with Crippen LogP contribution in [0.5, 0.6) is 0 Å². The fourth-order valence-corrected chi connectivity index (χ4v) is 2.66. The summed E-state index contributed by atoms with van der Waals surface area (Å²) in [6.07, 6.45) is 7.08. The van der Waals surface area contributed by atoms with Gasteiger partial charge >= 0.3 is 0 Å². The number of hydrogen-bond donors (Lipinski definition) is 1. The molecule has 82 valence electrons. The number of nitrogens with zero attached hydrogens (tertiary/aromatic N) is 1. The first-order valence-corrected chi connectivity index (χ1v) is 6.46. The summed E-state index contributed by atoms with van der Waals surface area (Å²) in [5, 5.41) is 3.56. The van der Waals surface area contributed by atoms with Gasteiger partial charge in [0.1, 0.15) is 4.60 Å². The highest BCUT2D eigenvalue weighted by molar-refractivity contribution is 9.10. The van der Waals surface area contributed by atoms with Crippen LogP contribution in [0.1, 0.15) is 32.6 Å². The van der Waals surface area contributed by atoms with E-state index in [4.69, 9.17) is 0 Å². The van der Waals surface area contributed by atoms with Crippen molar-refractivity contribution in [3.05, 3.63) is 22.9 Å². The predicted octanol–water partition coefficient (Wildman–Crippen LogP) is 3.83. The van der Waals surface area contributed by atoms with E-state index >= 15 is 0 Å². The van der Waals surface area contributed by atoms with Gasteiger partial charge in [0.05, 0.1) is 5.69 Å². The maximum atomic E-state index is 4.21. The average molecular weight is 269 g/mol. The summed E-state index contributed by atoms with van der Waals surface area (Å²) in [5.41, 5.74) is 1.12. The number of hydrogen-bond acceptors (Lipinski definition) is 2. The van der Waals surface area contributed by atoms with Crippen LogP contribution in [-0.4, -0.2) is 11.0 Å². The predicted molar refractivity (Wildman–Crippen MR) is 67.0 cm³/mol. The molecule has 2 rings (SSSR count). The molecule has 1 aliphatic rings. The van der Waals surface area contributed by atoms with E-state index in [2.05, 4.69) is 39.2 Å². The molecule has 0 aromatic carbocycles. The van der Waals surface area contributed by atoms with E-state index in [1.807, 2.05) is 6.07 Å². The van der Waals surface area contributed by atoms with Crippen LogP contribution in [-0.2, 0) is 0 Å². The molecule has 1 aromatic heterocycles. The lowest BCUT2D eigenvalue weighted by atomic mass is 10.1. The zero-order valence-corrected chi connectivity index (χ0v) is 10.6. The molecule has 1 N–H and O–H groups in total. The van der Waals surface area contributed by atoms with Crippen LogP contribution in [0.2, 0.25) is 0 Å².